The fraction of sp³-hybridized carbons (Fsp3) is 0. The van der Waals surface area contributed by atoms with E-state index in [0.717, 1.165) is 0 Å². The molecule has 0 unspecified atom stereocenters. The molecule has 0 amide bonds. The molecule has 0 aliphatic rings. The van der Waals surface area contributed by atoms with E-state index in [0.29, 0.717) is 15.8 Å². The summed E-state index contributed by atoms with van der Waals surface area (Å²) in [6.45, 7) is 0. The van der Waals surface area contributed by atoms with Gasteiger partial charge in [0.25, 0.3) is 0 Å². The molecule has 6 heteroatoms. The van der Waals surface area contributed by atoms with Crippen LogP contribution in [0.25, 0.3) is 5.52 Å². The summed E-state index contributed by atoms with van der Waals surface area (Å²) in [5.74, 6) is 0. The van der Waals surface area contributed by atoms with Gasteiger partial charge in [-0.1, -0.05) is 23.2 Å². The van der Waals surface area contributed by atoms with E-state index >= 15 is 0 Å². The maximum atomic E-state index is 5.77. The number of nitrogens with zero attached hydrogens (tertiary/aromatic N) is 3. The highest BCUT2D eigenvalue weighted by Crippen LogP contribution is 2.20. The van der Waals surface area contributed by atoms with Crippen LogP contribution in [-0.2, 0) is 0 Å². The fourth-order valence-electron chi connectivity index (χ4n) is 0.905. The second-order valence-corrected chi connectivity index (χ2v) is 3.21. The molecule has 0 bridgehead atoms. The Morgan fingerprint density at radius 3 is 2.67 bits per heavy atom. The summed E-state index contributed by atoms with van der Waals surface area (Å²) in [5, 5.41) is 4.67. The minimum atomic E-state index is 0.0746. The van der Waals surface area contributed by atoms with Gasteiger partial charge in [-0.2, -0.15) is 0 Å². The van der Waals surface area contributed by atoms with E-state index < -0.39 is 0 Å². The molecule has 0 N–H and O–H groups in total. The molecule has 0 aliphatic heterocycles. The summed E-state index contributed by atoms with van der Waals surface area (Å²) in [6, 6.07) is 3.40. The highest BCUT2D eigenvalue weighted by Gasteiger charge is 2.06. The zero-order valence-electron chi connectivity index (χ0n) is 5.63. The first-order valence-electron chi connectivity index (χ1n) is 3.05. The lowest BCUT2D eigenvalue weighted by Crippen LogP contribution is -1.94. The zero-order valence-corrected chi connectivity index (χ0v) is 7.90. The van der Waals surface area contributed by atoms with Gasteiger partial charge in [0.05, 0.1) is 0 Å². The van der Waals surface area contributed by atoms with E-state index in [9.17, 15) is 0 Å². The average molecular weight is 222 g/mol. The maximum absolute atomic E-state index is 5.77. The molecule has 0 spiro atoms. The molecule has 0 atom stereocenters. The van der Waals surface area contributed by atoms with Gasteiger partial charge in [0.2, 0.25) is 5.28 Å². The Morgan fingerprint density at radius 2 is 1.92 bits per heavy atom. The lowest BCUT2D eigenvalue weighted by Gasteiger charge is -1.96. The standard InChI is InChI=1S/C6H2Cl3N3/c7-4-2-1-3-5(8)10-6(9)11-12(3)4/h1-2H. The van der Waals surface area contributed by atoms with E-state index in [1.165, 1.54) is 4.52 Å². The average Bonchev–Trinajstić information content (AvgIpc) is 2.33. The van der Waals surface area contributed by atoms with E-state index in [1.807, 2.05) is 0 Å². The molecule has 2 aromatic rings. The van der Waals surface area contributed by atoms with Crippen molar-refractivity contribution in [3.05, 3.63) is 27.7 Å². The van der Waals surface area contributed by atoms with Gasteiger partial charge >= 0.3 is 0 Å². The van der Waals surface area contributed by atoms with Crippen molar-refractivity contribution in [2.45, 2.75) is 0 Å². The third kappa shape index (κ3) is 1.14. The lowest BCUT2D eigenvalue weighted by atomic mass is 10.5. The molecule has 2 rings (SSSR count). The molecule has 0 aromatic carbocycles. The van der Waals surface area contributed by atoms with Gasteiger partial charge in [-0.3, -0.25) is 0 Å². The second-order valence-electron chi connectivity index (χ2n) is 2.12. The minimum absolute atomic E-state index is 0.0746. The van der Waals surface area contributed by atoms with Crippen LogP contribution in [0, 0.1) is 0 Å². The van der Waals surface area contributed by atoms with Crippen LogP contribution in [0.15, 0.2) is 12.1 Å². The van der Waals surface area contributed by atoms with Crippen LogP contribution in [0.5, 0.6) is 0 Å². The van der Waals surface area contributed by atoms with Crippen LogP contribution in [0.3, 0.4) is 0 Å². The maximum Gasteiger partial charge on any atom is 0.242 e. The van der Waals surface area contributed by atoms with Gasteiger partial charge in [-0.15, -0.1) is 5.10 Å². The molecule has 0 fully saturated rings. The minimum Gasteiger partial charge on any atom is -0.216 e. The first-order valence-corrected chi connectivity index (χ1v) is 4.18. The summed E-state index contributed by atoms with van der Waals surface area (Å²) in [6.07, 6.45) is 0. The van der Waals surface area contributed by atoms with E-state index in [-0.39, 0.29) is 5.28 Å². The number of hydrogen-bond acceptors (Lipinski definition) is 2. The molecular weight excluding hydrogens is 220 g/mol. The van der Waals surface area contributed by atoms with Crippen LogP contribution >= 0.6 is 34.8 Å². The Bertz CT molecular complexity index is 437. The Balaban J connectivity index is 2.92. The Morgan fingerprint density at radius 1 is 1.17 bits per heavy atom. The number of aromatic nitrogens is 3. The first kappa shape index (κ1) is 8.10. The normalized spacial score (nSPS) is 10.9. The number of halogens is 3. The van der Waals surface area contributed by atoms with E-state index in [2.05, 4.69) is 10.1 Å². The summed E-state index contributed by atoms with van der Waals surface area (Å²) in [7, 11) is 0. The molecule has 0 radical (unpaired) electrons. The molecule has 2 heterocycles. The molecule has 0 aliphatic carbocycles. The van der Waals surface area contributed by atoms with Crippen molar-refractivity contribution in [2.24, 2.45) is 0 Å². The van der Waals surface area contributed by atoms with Crippen molar-refractivity contribution < 1.29 is 0 Å². The topological polar surface area (TPSA) is 30.2 Å². The van der Waals surface area contributed by atoms with Gasteiger partial charge < -0.3 is 0 Å². The van der Waals surface area contributed by atoms with Crippen molar-refractivity contribution in [3.63, 3.8) is 0 Å². The van der Waals surface area contributed by atoms with Crippen molar-refractivity contribution in [3.8, 4) is 0 Å². The predicted octanol–water partition coefficient (Wildman–Crippen LogP) is 2.69. The molecule has 0 saturated carbocycles. The lowest BCUT2D eigenvalue weighted by molar-refractivity contribution is 0.905. The second kappa shape index (κ2) is 2.76. The van der Waals surface area contributed by atoms with Crippen LogP contribution < -0.4 is 0 Å². The largest absolute Gasteiger partial charge is 0.242 e. The molecule has 3 nitrogen and oxygen atoms in total. The van der Waals surface area contributed by atoms with Crippen molar-refractivity contribution in [2.75, 3.05) is 0 Å². The monoisotopic (exact) mass is 221 g/mol. The summed E-state index contributed by atoms with van der Waals surface area (Å²) in [4.78, 5) is 3.76. The van der Waals surface area contributed by atoms with E-state index in [4.69, 9.17) is 34.8 Å². The fourth-order valence-corrected chi connectivity index (χ4v) is 1.52. The molecule has 2 aromatic heterocycles. The van der Waals surface area contributed by atoms with Crippen LogP contribution in [-0.4, -0.2) is 14.6 Å². The Labute approximate surface area is 82.9 Å². The molecule has 0 saturated heterocycles. The van der Waals surface area contributed by atoms with Crippen molar-refractivity contribution in [1.82, 2.24) is 14.6 Å². The SMILES string of the molecule is Clc1nc(Cl)c2ccc(Cl)n2n1. The highest BCUT2D eigenvalue weighted by molar-refractivity contribution is 6.35. The molecule has 12 heavy (non-hydrogen) atoms. The summed E-state index contributed by atoms with van der Waals surface area (Å²) >= 11 is 17.1. The van der Waals surface area contributed by atoms with Gasteiger partial charge in [-0.05, 0) is 23.7 Å². The number of rotatable bonds is 0. The quantitative estimate of drug-likeness (QED) is 0.686. The summed E-state index contributed by atoms with van der Waals surface area (Å²) in [5.41, 5.74) is 0.645. The Hall–Kier alpha value is -0.510. The van der Waals surface area contributed by atoms with Gasteiger partial charge in [0.15, 0.2) is 5.15 Å². The first-order chi connectivity index (χ1) is 5.68. The van der Waals surface area contributed by atoms with Crippen molar-refractivity contribution in [1.29, 1.82) is 0 Å². The van der Waals surface area contributed by atoms with Crippen LogP contribution in [0.2, 0.25) is 15.6 Å². The van der Waals surface area contributed by atoms with E-state index in [1.54, 1.807) is 12.1 Å². The predicted molar refractivity (Wildman–Crippen MR) is 48.0 cm³/mol. The van der Waals surface area contributed by atoms with Gasteiger partial charge in [0, 0.05) is 0 Å². The van der Waals surface area contributed by atoms with Gasteiger partial charge in [0.1, 0.15) is 10.7 Å². The number of fused-ring (bicyclic) bond motifs is 1. The zero-order chi connectivity index (χ0) is 8.72. The third-order valence-electron chi connectivity index (χ3n) is 1.39. The Kier molecular flexibility index (Phi) is 1.87. The van der Waals surface area contributed by atoms with Crippen LogP contribution in [0.4, 0.5) is 0 Å². The smallest absolute Gasteiger partial charge is 0.216 e. The third-order valence-corrected chi connectivity index (χ3v) is 2.12. The van der Waals surface area contributed by atoms with Crippen LogP contribution in [0.1, 0.15) is 0 Å². The highest BCUT2D eigenvalue weighted by atomic mass is 35.5. The van der Waals surface area contributed by atoms with Gasteiger partial charge in [-0.25, -0.2) is 9.50 Å². The molecule has 62 valence electrons. The number of hydrogen-bond donors (Lipinski definition) is 0. The molecular formula is C6H2Cl3N3. The van der Waals surface area contributed by atoms with Crippen molar-refractivity contribution >= 4 is 40.3 Å². The summed E-state index contributed by atoms with van der Waals surface area (Å²) < 4.78 is 1.43.